The van der Waals surface area contributed by atoms with Gasteiger partial charge in [0.15, 0.2) is 11.6 Å². The summed E-state index contributed by atoms with van der Waals surface area (Å²) in [5.41, 5.74) is 0.0680. The number of ether oxygens (including phenoxy) is 1. The Hall–Kier alpha value is -0.940. The molecule has 1 aromatic rings. The number of aryl methyl sites for hydroxylation is 1. The fourth-order valence-electron chi connectivity index (χ4n) is 2.40. The summed E-state index contributed by atoms with van der Waals surface area (Å²) in [6.45, 7) is 6.94. The molecule has 2 rings (SSSR count). The van der Waals surface area contributed by atoms with Crippen molar-refractivity contribution in [3.05, 3.63) is 17.8 Å². The highest BCUT2D eigenvalue weighted by atomic mass is 35.5. The molecule has 19 heavy (non-hydrogen) atoms. The van der Waals surface area contributed by atoms with Crippen LogP contribution >= 0.6 is 11.6 Å². The summed E-state index contributed by atoms with van der Waals surface area (Å²) in [4.78, 5) is 9.94. The highest BCUT2D eigenvalue weighted by molar-refractivity contribution is 6.18. The Labute approximate surface area is 117 Å². The third kappa shape index (κ3) is 3.15. The van der Waals surface area contributed by atoms with E-state index in [0.717, 1.165) is 0 Å². The molecule has 106 valence electrons. The van der Waals surface area contributed by atoms with Crippen molar-refractivity contribution >= 4 is 17.4 Å². The molecule has 1 aliphatic heterocycles. The van der Waals surface area contributed by atoms with Gasteiger partial charge in [-0.2, -0.15) is 0 Å². The van der Waals surface area contributed by atoms with Gasteiger partial charge in [-0.05, 0) is 20.3 Å². The molecule has 1 aromatic heterocycles. The van der Waals surface area contributed by atoms with Gasteiger partial charge in [0.2, 0.25) is 0 Å². The Morgan fingerprint density at radius 2 is 2.26 bits per heavy atom. The van der Waals surface area contributed by atoms with E-state index in [0.29, 0.717) is 36.9 Å². The van der Waals surface area contributed by atoms with Crippen LogP contribution in [0, 0.1) is 5.82 Å². The summed E-state index contributed by atoms with van der Waals surface area (Å²) in [6, 6.07) is 0. The molecular formula is C13H19ClFN3O. The molecule has 1 saturated heterocycles. The average Bonchev–Trinajstić information content (AvgIpc) is 2.37. The van der Waals surface area contributed by atoms with E-state index in [2.05, 4.69) is 9.97 Å². The van der Waals surface area contributed by atoms with E-state index in [-0.39, 0.29) is 17.5 Å². The second-order valence-electron chi connectivity index (χ2n) is 5.35. The van der Waals surface area contributed by atoms with Crippen LogP contribution in [0.2, 0.25) is 0 Å². The summed E-state index contributed by atoms with van der Waals surface area (Å²) in [7, 11) is 0. The van der Waals surface area contributed by atoms with Crippen LogP contribution in [0.15, 0.2) is 6.33 Å². The minimum Gasteiger partial charge on any atom is -0.367 e. The lowest BCUT2D eigenvalue weighted by molar-refractivity contribution is -0.0738. The van der Waals surface area contributed by atoms with E-state index in [9.17, 15) is 4.39 Å². The van der Waals surface area contributed by atoms with E-state index in [4.69, 9.17) is 16.3 Å². The largest absolute Gasteiger partial charge is 0.367 e. The normalized spacial score (nSPS) is 22.6. The maximum atomic E-state index is 14.3. The first-order chi connectivity index (χ1) is 8.96. The fraction of sp³-hybridized carbons (Fsp3) is 0.692. The number of rotatable bonds is 3. The molecular weight excluding hydrogens is 269 g/mol. The van der Waals surface area contributed by atoms with Crippen molar-refractivity contribution in [1.29, 1.82) is 0 Å². The van der Waals surface area contributed by atoms with Crippen LogP contribution in [-0.2, 0) is 11.2 Å². The molecule has 0 radical (unpaired) electrons. The van der Waals surface area contributed by atoms with Crippen molar-refractivity contribution in [2.45, 2.75) is 38.9 Å². The van der Waals surface area contributed by atoms with Gasteiger partial charge in [0.25, 0.3) is 0 Å². The number of anilines is 1. The number of alkyl halides is 1. The summed E-state index contributed by atoms with van der Waals surface area (Å²) in [5, 5.41) is 0. The average molecular weight is 288 g/mol. The molecule has 1 aliphatic rings. The molecule has 2 heterocycles. The van der Waals surface area contributed by atoms with Gasteiger partial charge in [-0.3, -0.25) is 0 Å². The summed E-state index contributed by atoms with van der Waals surface area (Å²) >= 11 is 5.88. The van der Waals surface area contributed by atoms with Crippen LogP contribution in [-0.4, -0.2) is 40.6 Å². The summed E-state index contributed by atoms with van der Waals surface area (Å²) in [6.07, 6.45) is 1.84. The molecule has 0 amide bonds. The molecule has 1 unspecified atom stereocenters. The molecule has 0 aliphatic carbocycles. The Bertz CT molecular complexity index is 456. The molecule has 0 bridgehead atoms. The first-order valence-electron chi connectivity index (χ1n) is 6.45. The highest BCUT2D eigenvalue weighted by Crippen LogP contribution is 2.27. The topological polar surface area (TPSA) is 38.2 Å². The maximum absolute atomic E-state index is 14.3. The minimum atomic E-state index is -0.373. The number of hydrogen-bond acceptors (Lipinski definition) is 4. The summed E-state index contributed by atoms with van der Waals surface area (Å²) in [5.74, 6) is 0.391. The standard InChI is InChI=1S/C13H19ClFN3O/c1-4-10-11(15)12(17-8-16-10)18-6-9(5-14)19-13(2,3)7-18/h8-9H,4-7H2,1-3H3. The quantitative estimate of drug-likeness (QED) is 0.800. The van der Waals surface area contributed by atoms with Gasteiger partial charge in [-0.15, -0.1) is 11.6 Å². The third-order valence-electron chi connectivity index (χ3n) is 3.13. The molecule has 0 saturated carbocycles. The van der Waals surface area contributed by atoms with Crippen molar-refractivity contribution in [3.8, 4) is 0 Å². The zero-order valence-electron chi connectivity index (χ0n) is 11.5. The van der Waals surface area contributed by atoms with E-state index in [1.165, 1.54) is 6.33 Å². The Morgan fingerprint density at radius 1 is 1.53 bits per heavy atom. The predicted octanol–water partition coefficient (Wildman–Crippen LogP) is 2.40. The van der Waals surface area contributed by atoms with Crippen LogP contribution in [0.5, 0.6) is 0 Å². The smallest absolute Gasteiger partial charge is 0.187 e. The van der Waals surface area contributed by atoms with Crippen LogP contribution in [0.3, 0.4) is 0 Å². The fourth-order valence-corrected chi connectivity index (χ4v) is 2.56. The molecule has 4 nitrogen and oxygen atoms in total. The number of nitrogens with zero attached hydrogens (tertiary/aromatic N) is 3. The summed E-state index contributed by atoms with van der Waals surface area (Å²) < 4.78 is 20.1. The lowest BCUT2D eigenvalue weighted by Crippen LogP contribution is -2.54. The number of halogens is 2. The lowest BCUT2D eigenvalue weighted by Gasteiger charge is -2.42. The van der Waals surface area contributed by atoms with Crippen molar-refractivity contribution in [2.75, 3.05) is 23.9 Å². The molecule has 1 fully saturated rings. The molecule has 0 N–H and O–H groups in total. The van der Waals surface area contributed by atoms with Crippen LogP contribution in [0.1, 0.15) is 26.5 Å². The predicted molar refractivity (Wildman–Crippen MR) is 73.3 cm³/mol. The van der Waals surface area contributed by atoms with Gasteiger partial charge in [0, 0.05) is 13.1 Å². The van der Waals surface area contributed by atoms with E-state index >= 15 is 0 Å². The van der Waals surface area contributed by atoms with Gasteiger partial charge in [-0.25, -0.2) is 14.4 Å². The van der Waals surface area contributed by atoms with E-state index in [1.807, 2.05) is 25.7 Å². The van der Waals surface area contributed by atoms with Crippen molar-refractivity contribution < 1.29 is 9.13 Å². The van der Waals surface area contributed by atoms with Gasteiger partial charge in [0.05, 0.1) is 23.3 Å². The highest BCUT2D eigenvalue weighted by Gasteiger charge is 2.34. The first-order valence-corrected chi connectivity index (χ1v) is 6.98. The van der Waals surface area contributed by atoms with Gasteiger partial charge in [0.1, 0.15) is 6.33 Å². The first kappa shape index (κ1) is 14.5. The second-order valence-corrected chi connectivity index (χ2v) is 5.65. The molecule has 0 spiro atoms. The SMILES string of the molecule is CCc1ncnc(N2CC(CCl)OC(C)(C)C2)c1F. The molecule has 6 heteroatoms. The van der Waals surface area contributed by atoms with E-state index < -0.39 is 0 Å². The number of morpholine rings is 1. The van der Waals surface area contributed by atoms with E-state index in [1.54, 1.807) is 0 Å². The van der Waals surface area contributed by atoms with Gasteiger partial charge < -0.3 is 9.64 Å². The maximum Gasteiger partial charge on any atom is 0.187 e. The lowest BCUT2D eigenvalue weighted by atomic mass is 10.1. The minimum absolute atomic E-state index is 0.121. The van der Waals surface area contributed by atoms with Crippen molar-refractivity contribution in [1.82, 2.24) is 9.97 Å². The monoisotopic (exact) mass is 287 g/mol. The van der Waals surface area contributed by atoms with Crippen LogP contribution in [0.4, 0.5) is 10.2 Å². The van der Waals surface area contributed by atoms with Crippen LogP contribution < -0.4 is 4.90 Å². The Kier molecular flexibility index (Phi) is 4.26. The van der Waals surface area contributed by atoms with Crippen LogP contribution in [0.25, 0.3) is 0 Å². The zero-order chi connectivity index (χ0) is 14.0. The molecule has 1 atom stereocenters. The number of hydrogen-bond donors (Lipinski definition) is 0. The second kappa shape index (κ2) is 5.59. The van der Waals surface area contributed by atoms with Crippen molar-refractivity contribution in [2.24, 2.45) is 0 Å². The third-order valence-corrected chi connectivity index (χ3v) is 3.48. The molecule has 0 aromatic carbocycles. The zero-order valence-corrected chi connectivity index (χ0v) is 12.2. The Balaban J connectivity index is 2.30. The van der Waals surface area contributed by atoms with Crippen molar-refractivity contribution in [3.63, 3.8) is 0 Å². The van der Waals surface area contributed by atoms with Gasteiger partial charge >= 0.3 is 0 Å². The van der Waals surface area contributed by atoms with Gasteiger partial charge in [-0.1, -0.05) is 6.92 Å². The number of aromatic nitrogens is 2. The Morgan fingerprint density at radius 3 is 2.89 bits per heavy atom.